The molecular weight excluding hydrogens is 471 g/mol. The van der Waals surface area contributed by atoms with Crippen LogP contribution in [-0.4, -0.2) is 11.5 Å². The molecule has 0 fully saturated rings. The predicted octanol–water partition coefficient (Wildman–Crippen LogP) is 7.27. The van der Waals surface area contributed by atoms with E-state index in [-0.39, 0.29) is 12.0 Å². The molecule has 0 saturated heterocycles. The Morgan fingerprint density at radius 2 is 1.63 bits per heavy atom. The van der Waals surface area contributed by atoms with Crippen LogP contribution in [-0.2, 0) is 6.42 Å². The molecule has 4 nitrogen and oxygen atoms in total. The molecule has 1 N–H and O–H groups in total. The molecule has 4 aromatic rings. The third kappa shape index (κ3) is 6.51. The molecule has 38 heavy (non-hydrogen) atoms. The third-order valence-corrected chi connectivity index (χ3v) is 6.97. The van der Waals surface area contributed by atoms with Gasteiger partial charge in [-0.3, -0.25) is 0 Å². The van der Waals surface area contributed by atoms with Crippen molar-refractivity contribution in [3.8, 4) is 23.3 Å². The van der Waals surface area contributed by atoms with Crippen LogP contribution in [0, 0.1) is 40.9 Å². The quantitative estimate of drug-likeness (QED) is 0.244. The zero-order valence-corrected chi connectivity index (χ0v) is 21.9. The van der Waals surface area contributed by atoms with Gasteiger partial charge in [0, 0.05) is 24.7 Å². The lowest BCUT2D eigenvalue weighted by molar-refractivity contribution is 0.317. The van der Waals surface area contributed by atoms with Gasteiger partial charge in [-0.15, -0.1) is 0 Å². The van der Waals surface area contributed by atoms with Crippen molar-refractivity contribution < 1.29 is 4.39 Å². The largest absolute Gasteiger partial charge is 0.308 e. The standard InChI is InChI=1S/C33H31FN4/c1-23-7-9-24(10-8-23)17-30(28-6-4-5-25(18-28)20-35)21-38-32(33(2,3)22-36)27-13-11-26(12-14-27)29-15-16-37-31(34)19-29/h4-16,18-19,30,32,38H,17,21H2,1-3H3. The lowest BCUT2D eigenvalue weighted by Crippen LogP contribution is -2.36. The van der Waals surface area contributed by atoms with Gasteiger partial charge in [-0.1, -0.05) is 66.2 Å². The van der Waals surface area contributed by atoms with E-state index < -0.39 is 11.4 Å². The molecule has 0 bridgehead atoms. The van der Waals surface area contributed by atoms with Crippen LogP contribution in [0.3, 0.4) is 0 Å². The first-order chi connectivity index (χ1) is 18.3. The molecule has 0 amide bonds. The number of benzene rings is 3. The molecule has 2 unspecified atom stereocenters. The number of aromatic nitrogens is 1. The van der Waals surface area contributed by atoms with E-state index in [2.05, 4.69) is 59.7 Å². The van der Waals surface area contributed by atoms with Gasteiger partial charge in [0.1, 0.15) is 0 Å². The maximum atomic E-state index is 13.6. The Hall–Kier alpha value is -4.32. The Kier molecular flexibility index (Phi) is 8.31. The Bertz CT molecular complexity index is 1460. The summed E-state index contributed by atoms with van der Waals surface area (Å²) in [6.45, 7) is 6.56. The zero-order chi connectivity index (χ0) is 27.1. The van der Waals surface area contributed by atoms with Crippen molar-refractivity contribution in [1.82, 2.24) is 10.3 Å². The van der Waals surface area contributed by atoms with Crippen LogP contribution in [0.1, 0.15) is 53.6 Å². The molecule has 0 aliphatic heterocycles. The molecular formula is C33H31FN4. The highest BCUT2D eigenvalue weighted by atomic mass is 19.1. The summed E-state index contributed by atoms with van der Waals surface area (Å²) in [5.74, 6) is -0.418. The minimum absolute atomic E-state index is 0.0991. The Labute approximate surface area is 224 Å². The van der Waals surface area contributed by atoms with Crippen LogP contribution in [0.5, 0.6) is 0 Å². The van der Waals surface area contributed by atoms with Crippen LogP contribution in [0.15, 0.2) is 91.1 Å². The Morgan fingerprint density at radius 1 is 0.895 bits per heavy atom. The lowest BCUT2D eigenvalue weighted by Gasteiger charge is -2.32. The molecule has 3 aromatic carbocycles. The average Bonchev–Trinajstić information content (AvgIpc) is 2.94. The highest BCUT2D eigenvalue weighted by molar-refractivity contribution is 5.63. The van der Waals surface area contributed by atoms with Gasteiger partial charge in [0.15, 0.2) is 0 Å². The maximum absolute atomic E-state index is 13.6. The highest BCUT2D eigenvalue weighted by Crippen LogP contribution is 2.35. The van der Waals surface area contributed by atoms with Gasteiger partial charge in [0.25, 0.3) is 0 Å². The van der Waals surface area contributed by atoms with E-state index in [0.29, 0.717) is 12.1 Å². The van der Waals surface area contributed by atoms with Crippen LogP contribution < -0.4 is 5.32 Å². The Morgan fingerprint density at radius 3 is 2.29 bits per heavy atom. The third-order valence-electron chi connectivity index (χ3n) is 6.97. The van der Waals surface area contributed by atoms with E-state index in [4.69, 9.17) is 0 Å². The summed E-state index contributed by atoms with van der Waals surface area (Å²) < 4.78 is 13.6. The maximum Gasteiger partial charge on any atom is 0.213 e. The molecule has 0 spiro atoms. The van der Waals surface area contributed by atoms with Gasteiger partial charge in [-0.05, 0) is 73.2 Å². The number of nitrogens with zero attached hydrogens (tertiary/aromatic N) is 3. The summed E-state index contributed by atoms with van der Waals surface area (Å²) in [5.41, 5.74) is 6.08. The second kappa shape index (κ2) is 11.8. The Balaban J connectivity index is 1.62. The van der Waals surface area contributed by atoms with E-state index in [1.54, 1.807) is 6.07 Å². The molecule has 0 aliphatic carbocycles. The van der Waals surface area contributed by atoms with E-state index >= 15 is 0 Å². The monoisotopic (exact) mass is 502 g/mol. The van der Waals surface area contributed by atoms with E-state index in [1.807, 2.05) is 56.3 Å². The minimum atomic E-state index is -0.687. The summed E-state index contributed by atoms with van der Waals surface area (Å²) >= 11 is 0. The van der Waals surface area contributed by atoms with E-state index in [1.165, 1.54) is 23.4 Å². The highest BCUT2D eigenvalue weighted by Gasteiger charge is 2.31. The van der Waals surface area contributed by atoms with Gasteiger partial charge < -0.3 is 5.32 Å². The van der Waals surface area contributed by atoms with Gasteiger partial charge in [0.05, 0.1) is 29.2 Å². The van der Waals surface area contributed by atoms with E-state index in [9.17, 15) is 14.9 Å². The first-order valence-corrected chi connectivity index (χ1v) is 12.7. The second-order valence-electron chi connectivity index (χ2n) is 10.3. The number of nitriles is 2. The van der Waals surface area contributed by atoms with Crippen molar-refractivity contribution in [2.75, 3.05) is 6.54 Å². The molecule has 0 radical (unpaired) electrons. The average molecular weight is 503 g/mol. The van der Waals surface area contributed by atoms with Crippen LogP contribution >= 0.6 is 0 Å². The van der Waals surface area contributed by atoms with Crippen molar-refractivity contribution >= 4 is 0 Å². The number of pyridine rings is 1. The van der Waals surface area contributed by atoms with Crippen molar-refractivity contribution in [3.05, 3.63) is 125 Å². The number of hydrogen-bond acceptors (Lipinski definition) is 4. The van der Waals surface area contributed by atoms with Crippen molar-refractivity contribution in [2.24, 2.45) is 5.41 Å². The van der Waals surface area contributed by atoms with Crippen molar-refractivity contribution in [3.63, 3.8) is 0 Å². The van der Waals surface area contributed by atoms with Gasteiger partial charge in [-0.25, -0.2) is 4.98 Å². The molecule has 190 valence electrons. The zero-order valence-electron chi connectivity index (χ0n) is 21.9. The fraction of sp³-hybridized carbons (Fsp3) is 0.242. The first kappa shape index (κ1) is 26.7. The van der Waals surface area contributed by atoms with Gasteiger partial charge >= 0.3 is 0 Å². The predicted molar refractivity (Wildman–Crippen MR) is 149 cm³/mol. The first-order valence-electron chi connectivity index (χ1n) is 12.7. The molecule has 2 atom stereocenters. The summed E-state index contributed by atoms with van der Waals surface area (Å²) in [5, 5.41) is 23.2. The second-order valence-corrected chi connectivity index (χ2v) is 10.3. The number of rotatable bonds is 9. The van der Waals surface area contributed by atoms with Crippen molar-refractivity contribution in [2.45, 2.75) is 39.2 Å². The topological polar surface area (TPSA) is 72.5 Å². The number of halogens is 1. The number of nitrogens with one attached hydrogen (secondary N) is 1. The number of hydrogen-bond donors (Lipinski definition) is 1. The van der Waals surface area contributed by atoms with Gasteiger partial charge in [0.2, 0.25) is 5.95 Å². The lowest BCUT2D eigenvalue weighted by atomic mass is 9.80. The fourth-order valence-electron chi connectivity index (χ4n) is 4.74. The number of aryl methyl sites for hydroxylation is 1. The molecule has 1 heterocycles. The van der Waals surface area contributed by atoms with Crippen LogP contribution in [0.25, 0.3) is 11.1 Å². The fourth-order valence-corrected chi connectivity index (χ4v) is 4.74. The molecule has 0 saturated carbocycles. The molecule has 5 heteroatoms. The normalized spacial score (nSPS) is 12.8. The van der Waals surface area contributed by atoms with Gasteiger partial charge in [-0.2, -0.15) is 14.9 Å². The van der Waals surface area contributed by atoms with Crippen LogP contribution in [0.2, 0.25) is 0 Å². The molecule has 4 rings (SSSR count). The molecule has 0 aliphatic rings. The smallest absolute Gasteiger partial charge is 0.213 e. The van der Waals surface area contributed by atoms with Crippen molar-refractivity contribution in [1.29, 1.82) is 10.5 Å². The SMILES string of the molecule is Cc1ccc(CC(CNC(c2ccc(-c3ccnc(F)c3)cc2)C(C)(C)C#N)c2cccc(C#N)c2)cc1. The summed E-state index contributed by atoms with van der Waals surface area (Å²) in [7, 11) is 0. The minimum Gasteiger partial charge on any atom is -0.308 e. The summed E-state index contributed by atoms with van der Waals surface area (Å²) in [6.07, 6.45) is 2.26. The summed E-state index contributed by atoms with van der Waals surface area (Å²) in [4.78, 5) is 3.63. The van der Waals surface area contributed by atoms with Crippen LogP contribution in [0.4, 0.5) is 4.39 Å². The molecule has 1 aromatic heterocycles. The summed E-state index contributed by atoms with van der Waals surface area (Å²) in [6, 6.07) is 31.8. The van der Waals surface area contributed by atoms with E-state index in [0.717, 1.165) is 28.7 Å².